The molecule has 0 bridgehead atoms. The number of Topliss-reactive ketones (excluding diaryl/α,β-unsaturated/α-hetero) is 1. The van der Waals surface area contributed by atoms with Crippen LogP contribution in [0.25, 0.3) is 0 Å². The van der Waals surface area contributed by atoms with Gasteiger partial charge in [0.25, 0.3) is 0 Å². The second kappa shape index (κ2) is 6.23. The van der Waals surface area contributed by atoms with E-state index in [0.29, 0.717) is 29.7 Å². The minimum absolute atomic E-state index is 0.0249. The van der Waals surface area contributed by atoms with Crippen molar-refractivity contribution in [1.82, 2.24) is 5.32 Å². The summed E-state index contributed by atoms with van der Waals surface area (Å²) in [5.74, 6) is 0.0249. The molecule has 0 spiro atoms. The van der Waals surface area contributed by atoms with E-state index in [1.54, 1.807) is 0 Å². The third-order valence-electron chi connectivity index (χ3n) is 2.95. The molecule has 0 aromatic rings. The van der Waals surface area contributed by atoms with Crippen molar-refractivity contribution in [2.75, 3.05) is 6.54 Å². The Labute approximate surface area is 102 Å². The van der Waals surface area contributed by atoms with Crippen LogP contribution in [0.2, 0.25) is 0 Å². The van der Waals surface area contributed by atoms with Crippen LogP contribution in [-0.4, -0.2) is 18.6 Å². The van der Waals surface area contributed by atoms with Crippen LogP contribution in [0.3, 0.4) is 0 Å². The second-order valence-corrected chi connectivity index (χ2v) is 4.32. The third-order valence-corrected chi connectivity index (χ3v) is 2.95. The van der Waals surface area contributed by atoms with Gasteiger partial charge in [-0.1, -0.05) is 13.3 Å². The average molecular weight is 236 g/mol. The van der Waals surface area contributed by atoms with Crippen LogP contribution in [0.5, 0.6) is 0 Å². The van der Waals surface area contributed by atoms with Crippen LogP contribution in [0.15, 0.2) is 22.5 Å². The maximum Gasteiger partial charge on any atom is 0.157 e. The zero-order valence-electron chi connectivity index (χ0n) is 10.5. The zero-order chi connectivity index (χ0) is 12.8. The first-order valence-electron chi connectivity index (χ1n) is 5.99. The predicted molar refractivity (Wildman–Crippen MR) is 67.1 cm³/mol. The Kier molecular flexibility index (Phi) is 4.94. The average Bonchev–Trinajstić information content (AvgIpc) is 2.30. The van der Waals surface area contributed by atoms with Crippen molar-refractivity contribution in [2.24, 2.45) is 5.73 Å². The molecule has 0 heterocycles. The van der Waals surface area contributed by atoms with Crippen LogP contribution in [0.1, 0.15) is 39.5 Å². The Balaban J connectivity index is 2.82. The molecular formula is C13H20N2O2. The van der Waals surface area contributed by atoms with Gasteiger partial charge >= 0.3 is 0 Å². The summed E-state index contributed by atoms with van der Waals surface area (Å²) in [6.07, 6.45) is 3.76. The van der Waals surface area contributed by atoms with Crippen LogP contribution in [0.4, 0.5) is 0 Å². The van der Waals surface area contributed by atoms with Crippen molar-refractivity contribution >= 4 is 12.1 Å². The minimum atomic E-state index is 0.0249. The summed E-state index contributed by atoms with van der Waals surface area (Å²) in [5.41, 5.74) is 8.46. The van der Waals surface area contributed by atoms with Gasteiger partial charge in [-0.25, -0.2) is 0 Å². The van der Waals surface area contributed by atoms with Crippen LogP contribution < -0.4 is 11.1 Å². The summed E-state index contributed by atoms with van der Waals surface area (Å²) >= 11 is 0. The molecule has 1 rings (SSSR count). The van der Waals surface area contributed by atoms with Gasteiger partial charge in [-0.05, 0) is 13.3 Å². The molecule has 1 aliphatic rings. The molecule has 1 aliphatic carbocycles. The number of allylic oxidation sites excluding steroid dienone is 2. The Bertz CT molecular complexity index is 381. The molecule has 0 saturated carbocycles. The molecule has 0 aromatic carbocycles. The fourth-order valence-electron chi connectivity index (χ4n) is 1.86. The maximum absolute atomic E-state index is 11.5. The van der Waals surface area contributed by atoms with Crippen molar-refractivity contribution in [1.29, 1.82) is 0 Å². The molecule has 0 amide bonds. The number of hydrogen-bond acceptors (Lipinski definition) is 4. The lowest BCUT2D eigenvalue weighted by Gasteiger charge is -2.21. The van der Waals surface area contributed by atoms with Gasteiger partial charge in [0.05, 0.1) is 0 Å². The van der Waals surface area contributed by atoms with Gasteiger partial charge in [0.15, 0.2) is 5.78 Å². The molecule has 0 saturated heterocycles. The van der Waals surface area contributed by atoms with E-state index < -0.39 is 0 Å². The Morgan fingerprint density at radius 3 is 2.71 bits per heavy atom. The van der Waals surface area contributed by atoms with Crippen molar-refractivity contribution in [3.8, 4) is 0 Å². The second-order valence-electron chi connectivity index (χ2n) is 4.32. The number of nitrogens with two attached hydrogens (primary N) is 1. The first kappa shape index (κ1) is 13.5. The molecule has 0 aliphatic heterocycles. The van der Waals surface area contributed by atoms with Gasteiger partial charge in [-0.2, -0.15) is 0 Å². The maximum atomic E-state index is 11.5. The Hall–Kier alpha value is -1.58. The highest BCUT2D eigenvalue weighted by atomic mass is 16.1. The molecule has 3 N–H and O–H groups in total. The van der Waals surface area contributed by atoms with E-state index >= 15 is 0 Å². The highest BCUT2D eigenvalue weighted by Gasteiger charge is 2.20. The number of rotatable bonds is 6. The van der Waals surface area contributed by atoms with E-state index in [-0.39, 0.29) is 5.78 Å². The lowest BCUT2D eigenvalue weighted by Crippen LogP contribution is -2.25. The first-order valence-corrected chi connectivity index (χ1v) is 5.99. The molecule has 0 atom stereocenters. The molecule has 0 aromatic heterocycles. The molecule has 0 radical (unpaired) electrons. The predicted octanol–water partition coefficient (Wildman–Crippen LogP) is 1.42. The number of ketones is 1. The summed E-state index contributed by atoms with van der Waals surface area (Å²) in [7, 11) is 0. The van der Waals surface area contributed by atoms with Crippen molar-refractivity contribution < 1.29 is 9.59 Å². The van der Waals surface area contributed by atoms with Crippen LogP contribution in [0, 0.1) is 0 Å². The zero-order valence-corrected chi connectivity index (χ0v) is 10.5. The Morgan fingerprint density at radius 2 is 2.18 bits per heavy atom. The topological polar surface area (TPSA) is 72.2 Å². The van der Waals surface area contributed by atoms with Crippen LogP contribution >= 0.6 is 0 Å². The van der Waals surface area contributed by atoms with Gasteiger partial charge < -0.3 is 11.1 Å². The van der Waals surface area contributed by atoms with Gasteiger partial charge in [0.1, 0.15) is 6.29 Å². The molecular weight excluding hydrogens is 216 g/mol. The lowest BCUT2D eigenvalue weighted by atomic mass is 9.92. The fraction of sp³-hybridized carbons (Fsp3) is 0.538. The minimum Gasteiger partial charge on any atom is -0.401 e. The third kappa shape index (κ3) is 3.44. The summed E-state index contributed by atoms with van der Waals surface area (Å²) < 4.78 is 0. The summed E-state index contributed by atoms with van der Waals surface area (Å²) in [4.78, 5) is 22.4. The number of carbonyl (C=O) groups is 2. The number of aldehydes is 1. The largest absolute Gasteiger partial charge is 0.401 e. The molecule has 0 unspecified atom stereocenters. The number of carbonyl (C=O) groups excluding carboxylic acids is 2. The fourth-order valence-corrected chi connectivity index (χ4v) is 1.86. The van der Waals surface area contributed by atoms with Gasteiger partial charge in [-0.3, -0.25) is 9.59 Å². The van der Waals surface area contributed by atoms with Gasteiger partial charge in [0.2, 0.25) is 0 Å². The number of nitrogens with one attached hydrogen (secondary N) is 1. The first-order chi connectivity index (χ1) is 8.10. The van der Waals surface area contributed by atoms with Crippen molar-refractivity contribution in [3.05, 3.63) is 22.5 Å². The molecule has 94 valence electrons. The summed E-state index contributed by atoms with van der Waals surface area (Å²) in [6, 6.07) is 0. The molecule has 4 heteroatoms. The van der Waals surface area contributed by atoms with Crippen molar-refractivity contribution in [2.45, 2.75) is 39.5 Å². The molecule has 0 fully saturated rings. The highest BCUT2D eigenvalue weighted by molar-refractivity contribution is 5.95. The summed E-state index contributed by atoms with van der Waals surface area (Å²) in [6.45, 7) is 4.47. The van der Waals surface area contributed by atoms with E-state index in [2.05, 4.69) is 12.2 Å². The van der Waals surface area contributed by atoms with Gasteiger partial charge in [0, 0.05) is 41.9 Å². The monoisotopic (exact) mass is 236 g/mol. The lowest BCUT2D eigenvalue weighted by molar-refractivity contribution is -0.114. The van der Waals surface area contributed by atoms with E-state index in [4.69, 9.17) is 5.73 Å². The summed E-state index contributed by atoms with van der Waals surface area (Å²) in [5, 5.41) is 3.25. The van der Waals surface area contributed by atoms with E-state index in [1.807, 2.05) is 0 Å². The Morgan fingerprint density at radius 1 is 1.47 bits per heavy atom. The number of hydrogen-bond donors (Lipinski definition) is 2. The van der Waals surface area contributed by atoms with Crippen molar-refractivity contribution in [3.63, 3.8) is 0 Å². The molecule has 17 heavy (non-hydrogen) atoms. The van der Waals surface area contributed by atoms with E-state index in [1.165, 1.54) is 6.92 Å². The smallest absolute Gasteiger partial charge is 0.157 e. The SMILES string of the molecule is CCCCNC1=C(C(C)=O)CC(N)=C(C=O)C1. The molecule has 4 nitrogen and oxygen atoms in total. The van der Waals surface area contributed by atoms with Gasteiger partial charge in [-0.15, -0.1) is 0 Å². The number of unbranched alkanes of at least 4 members (excludes halogenated alkanes) is 1. The highest BCUT2D eigenvalue weighted by Crippen LogP contribution is 2.25. The van der Waals surface area contributed by atoms with E-state index in [9.17, 15) is 9.59 Å². The standard InChI is InChI=1S/C13H20N2O2/c1-3-4-5-15-13-6-10(8-16)12(14)7-11(13)9(2)17/h8,15H,3-7,14H2,1-2H3. The van der Waals surface area contributed by atoms with E-state index in [0.717, 1.165) is 31.4 Å². The van der Waals surface area contributed by atoms with Crippen LogP contribution in [-0.2, 0) is 9.59 Å². The normalized spacial score (nSPS) is 16.1. The quantitative estimate of drug-likeness (QED) is 0.540.